The van der Waals surface area contributed by atoms with E-state index in [4.69, 9.17) is 5.73 Å². The minimum Gasteiger partial charge on any atom is -0.369 e. The van der Waals surface area contributed by atoms with Crippen molar-refractivity contribution in [3.8, 4) is 0 Å². The molecule has 0 bridgehead atoms. The molecule has 3 rings (SSSR count). The molecule has 1 aromatic carbocycles. The van der Waals surface area contributed by atoms with Crippen molar-refractivity contribution in [1.29, 1.82) is 0 Å². The lowest BCUT2D eigenvalue weighted by Crippen LogP contribution is -2.39. The van der Waals surface area contributed by atoms with Crippen molar-refractivity contribution in [3.63, 3.8) is 0 Å². The molecule has 1 amide bonds. The van der Waals surface area contributed by atoms with E-state index in [1.807, 2.05) is 6.07 Å². The van der Waals surface area contributed by atoms with E-state index in [0.717, 1.165) is 38.5 Å². The summed E-state index contributed by atoms with van der Waals surface area (Å²) in [4.78, 5) is 15.2. The molecule has 2 aromatic rings. The highest BCUT2D eigenvalue weighted by atomic mass is 16.1. The highest BCUT2D eigenvalue weighted by molar-refractivity contribution is 5.83. The van der Waals surface area contributed by atoms with E-state index in [9.17, 15) is 4.79 Å². The third kappa shape index (κ3) is 2.33. The zero-order chi connectivity index (χ0) is 14.0. The quantitative estimate of drug-likeness (QED) is 0.877. The van der Waals surface area contributed by atoms with Gasteiger partial charge in [-0.25, -0.2) is 0 Å². The molecule has 3 N–H and O–H groups in total. The number of amides is 1. The highest BCUT2D eigenvalue weighted by Gasteiger charge is 2.37. The second-order valence-corrected chi connectivity index (χ2v) is 6.06. The first-order valence-corrected chi connectivity index (χ1v) is 7.56. The number of carbonyl (C=O) groups is 1. The number of nitrogens with one attached hydrogen (secondary N) is 1. The number of H-pyrrole nitrogens is 1. The lowest BCUT2D eigenvalue weighted by atomic mass is 9.70. The number of rotatable bonds is 4. The van der Waals surface area contributed by atoms with Crippen LogP contribution in [-0.2, 0) is 11.2 Å². The van der Waals surface area contributed by atoms with E-state index in [2.05, 4.69) is 29.4 Å². The van der Waals surface area contributed by atoms with Crippen LogP contribution in [0.2, 0.25) is 0 Å². The fourth-order valence-electron chi connectivity index (χ4n) is 3.56. The molecule has 1 fully saturated rings. The lowest BCUT2D eigenvalue weighted by molar-refractivity contribution is -0.130. The standard InChI is InChI=1S/C17H22N2O/c18-16(20)17(9-4-1-5-10-17)11-8-13-12-19-15-7-3-2-6-14(13)15/h2-3,6-7,12,19H,1,4-5,8-11H2,(H2,18,20). The van der Waals surface area contributed by atoms with Gasteiger partial charge in [-0.15, -0.1) is 0 Å². The van der Waals surface area contributed by atoms with Crippen LogP contribution in [0.3, 0.4) is 0 Å². The van der Waals surface area contributed by atoms with Gasteiger partial charge in [-0.2, -0.15) is 0 Å². The van der Waals surface area contributed by atoms with Crippen LogP contribution in [0.5, 0.6) is 0 Å². The minimum absolute atomic E-state index is 0.1000. The van der Waals surface area contributed by atoms with Crippen LogP contribution in [0.25, 0.3) is 10.9 Å². The molecule has 1 saturated carbocycles. The zero-order valence-corrected chi connectivity index (χ0v) is 11.8. The molecule has 0 spiro atoms. The molecule has 0 saturated heterocycles. The van der Waals surface area contributed by atoms with E-state index in [1.165, 1.54) is 22.9 Å². The smallest absolute Gasteiger partial charge is 0.223 e. The Kier molecular flexibility index (Phi) is 3.51. The number of hydrogen-bond acceptors (Lipinski definition) is 1. The molecule has 1 aromatic heterocycles. The Morgan fingerprint density at radius 2 is 1.95 bits per heavy atom. The summed E-state index contributed by atoms with van der Waals surface area (Å²) in [6.45, 7) is 0. The molecule has 0 radical (unpaired) electrons. The van der Waals surface area contributed by atoms with Crippen molar-refractivity contribution in [2.75, 3.05) is 0 Å². The first-order chi connectivity index (χ1) is 9.71. The largest absolute Gasteiger partial charge is 0.369 e. The molecule has 0 unspecified atom stereocenters. The molecule has 0 aliphatic heterocycles. The van der Waals surface area contributed by atoms with Gasteiger partial charge in [-0.3, -0.25) is 4.79 Å². The predicted octanol–water partition coefficient (Wildman–Crippen LogP) is 3.54. The average molecular weight is 270 g/mol. The molecule has 1 heterocycles. The van der Waals surface area contributed by atoms with Gasteiger partial charge in [0.2, 0.25) is 5.91 Å². The number of fused-ring (bicyclic) bond motifs is 1. The zero-order valence-electron chi connectivity index (χ0n) is 11.8. The van der Waals surface area contributed by atoms with Gasteiger partial charge in [-0.1, -0.05) is 37.5 Å². The number of benzene rings is 1. The van der Waals surface area contributed by atoms with Crippen LogP contribution in [0.15, 0.2) is 30.5 Å². The Bertz CT molecular complexity index is 608. The SMILES string of the molecule is NC(=O)C1(CCc2c[nH]c3ccccc23)CCCCC1. The molecule has 20 heavy (non-hydrogen) atoms. The molecule has 3 heteroatoms. The summed E-state index contributed by atoms with van der Waals surface area (Å²) in [5, 5.41) is 1.27. The van der Waals surface area contributed by atoms with Crippen LogP contribution in [0.4, 0.5) is 0 Å². The van der Waals surface area contributed by atoms with Crippen LogP contribution >= 0.6 is 0 Å². The molecular weight excluding hydrogens is 248 g/mol. The molecule has 1 aliphatic carbocycles. The maximum Gasteiger partial charge on any atom is 0.223 e. The third-order valence-electron chi connectivity index (χ3n) is 4.88. The van der Waals surface area contributed by atoms with Crippen LogP contribution < -0.4 is 5.73 Å². The van der Waals surface area contributed by atoms with Crippen molar-refractivity contribution in [3.05, 3.63) is 36.0 Å². The van der Waals surface area contributed by atoms with E-state index in [1.54, 1.807) is 0 Å². The second kappa shape index (κ2) is 5.31. The lowest BCUT2D eigenvalue weighted by Gasteiger charge is -2.34. The number of hydrogen-bond donors (Lipinski definition) is 2. The van der Waals surface area contributed by atoms with Crippen LogP contribution in [-0.4, -0.2) is 10.9 Å². The van der Waals surface area contributed by atoms with Crippen molar-refractivity contribution >= 4 is 16.8 Å². The van der Waals surface area contributed by atoms with E-state index in [-0.39, 0.29) is 11.3 Å². The van der Waals surface area contributed by atoms with Crippen molar-refractivity contribution < 1.29 is 4.79 Å². The molecule has 106 valence electrons. The number of aromatic amines is 1. The topological polar surface area (TPSA) is 58.9 Å². The van der Waals surface area contributed by atoms with Gasteiger partial charge >= 0.3 is 0 Å². The summed E-state index contributed by atoms with van der Waals surface area (Å²) in [5.41, 5.74) is 7.90. The summed E-state index contributed by atoms with van der Waals surface area (Å²) < 4.78 is 0. The normalized spacial score (nSPS) is 18.2. The highest BCUT2D eigenvalue weighted by Crippen LogP contribution is 2.40. The fourth-order valence-corrected chi connectivity index (χ4v) is 3.56. The Labute approximate surface area is 119 Å². The Balaban J connectivity index is 1.79. The maximum atomic E-state index is 11.9. The maximum absolute atomic E-state index is 11.9. The summed E-state index contributed by atoms with van der Waals surface area (Å²) in [6, 6.07) is 8.32. The van der Waals surface area contributed by atoms with Gasteiger partial charge in [0.25, 0.3) is 0 Å². The number of primary amides is 1. The van der Waals surface area contributed by atoms with Crippen molar-refractivity contribution in [2.45, 2.75) is 44.9 Å². The average Bonchev–Trinajstić information content (AvgIpc) is 2.89. The number of carbonyl (C=O) groups excluding carboxylic acids is 1. The summed E-state index contributed by atoms with van der Waals surface area (Å²) >= 11 is 0. The molecule has 1 aliphatic rings. The predicted molar refractivity (Wildman–Crippen MR) is 81.3 cm³/mol. The third-order valence-corrected chi connectivity index (χ3v) is 4.88. The summed E-state index contributed by atoms with van der Waals surface area (Å²) in [5.74, 6) is -0.1000. The van der Waals surface area contributed by atoms with Crippen LogP contribution in [0, 0.1) is 5.41 Å². The first kappa shape index (κ1) is 13.2. The van der Waals surface area contributed by atoms with Gasteiger partial charge < -0.3 is 10.7 Å². The van der Waals surface area contributed by atoms with E-state index in [0.29, 0.717) is 0 Å². The second-order valence-electron chi connectivity index (χ2n) is 6.06. The van der Waals surface area contributed by atoms with Gasteiger partial charge in [-0.05, 0) is 37.3 Å². The number of para-hydroxylation sites is 1. The first-order valence-electron chi connectivity index (χ1n) is 7.56. The molecule has 3 nitrogen and oxygen atoms in total. The van der Waals surface area contributed by atoms with E-state index < -0.39 is 0 Å². The van der Waals surface area contributed by atoms with Gasteiger partial charge in [0.05, 0.1) is 0 Å². The molecule has 0 atom stereocenters. The fraction of sp³-hybridized carbons (Fsp3) is 0.471. The Morgan fingerprint density at radius 1 is 1.20 bits per heavy atom. The summed E-state index contributed by atoms with van der Waals surface area (Å²) in [7, 11) is 0. The molecular formula is C17H22N2O. The Morgan fingerprint density at radius 3 is 2.70 bits per heavy atom. The number of aromatic nitrogens is 1. The van der Waals surface area contributed by atoms with E-state index >= 15 is 0 Å². The van der Waals surface area contributed by atoms with Gasteiger partial charge in [0.15, 0.2) is 0 Å². The number of nitrogens with two attached hydrogens (primary N) is 1. The van der Waals surface area contributed by atoms with Gasteiger partial charge in [0.1, 0.15) is 0 Å². The minimum atomic E-state index is -0.267. The van der Waals surface area contributed by atoms with Crippen molar-refractivity contribution in [2.24, 2.45) is 11.1 Å². The van der Waals surface area contributed by atoms with Gasteiger partial charge in [0, 0.05) is 22.5 Å². The van der Waals surface area contributed by atoms with Crippen molar-refractivity contribution in [1.82, 2.24) is 4.98 Å². The monoisotopic (exact) mass is 270 g/mol. The number of aryl methyl sites for hydroxylation is 1. The Hall–Kier alpha value is -1.77. The van der Waals surface area contributed by atoms with Crippen LogP contribution in [0.1, 0.15) is 44.1 Å². The summed E-state index contributed by atoms with van der Waals surface area (Å²) in [6.07, 6.45) is 9.31.